The van der Waals surface area contributed by atoms with Crippen molar-refractivity contribution in [3.63, 3.8) is 0 Å². The van der Waals surface area contributed by atoms with Crippen molar-refractivity contribution in [2.24, 2.45) is 5.92 Å². The maximum atomic E-state index is 13.4. The summed E-state index contributed by atoms with van der Waals surface area (Å²) in [5, 5.41) is 2.50. The Bertz CT molecular complexity index is 465. The summed E-state index contributed by atoms with van der Waals surface area (Å²) in [4.78, 5) is 11.8. The first-order valence-corrected chi connectivity index (χ1v) is 6.40. The van der Waals surface area contributed by atoms with Crippen molar-refractivity contribution in [3.05, 3.63) is 35.1 Å². The van der Waals surface area contributed by atoms with Gasteiger partial charge in [0.1, 0.15) is 0 Å². The standard InChI is InChI=1S/C13H15ClF3NO/c1-7(2)5-8(6-14)18-13(19)9-3-4-10(15)12(17)11(9)16/h3-4,7-8H,5-6H2,1-2H3,(H,18,19). The van der Waals surface area contributed by atoms with Crippen LogP contribution in [0.3, 0.4) is 0 Å². The van der Waals surface area contributed by atoms with Crippen molar-refractivity contribution < 1.29 is 18.0 Å². The van der Waals surface area contributed by atoms with Crippen LogP contribution < -0.4 is 5.32 Å². The predicted octanol–water partition coefficient (Wildman–Crippen LogP) is 3.49. The molecular formula is C13H15ClF3NO. The second-order valence-electron chi connectivity index (χ2n) is 4.68. The van der Waals surface area contributed by atoms with Crippen LogP contribution in [0.25, 0.3) is 0 Å². The second-order valence-corrected chi connectivity index (χ2v) is 4.99. The molecule has 1 aromatic rings. The van der Waals surface area contributed by atoms with Gasteiger partial charge >= 0.3 is 0 Å². The van der Waals surface area contributed by atoms with E-state index in [0.717, 1.165) is 6.07 Å². The second kappa shape index (κ2) is 6.80. The van der Waals surface area contributed by atoms with Crippen molar-refractivity contribution >= 4 is 17.5 Å². The Hall–Kier alpha value is -1.23. The summed E-state index contributed by atoms with van der Waals surface area (Å²) in [5.41, 5.74) is -0.530. The monoisotopic (exact) mass is 293 g/mol. The smallest absolute Gasteiger partial charge is 0.254 e. The Morgan fingerprint density at radius 3 is 2.42 bits per heavy atom. The lowest BCUT2D eigenvalue weighted by Gasteiger charge is -2.18. The highest BCUT2D eigenvalue weighted by molar-refractivity contribution is 6.18. The number of nitrogens with one attached hydrogen (secondary N) is 1. The lowest BCUT2D eigenvalue weighted by atomic mass is 10.0. The number of amides is 1. The van der Waals surface area contributed by atoms with Crippen LogP contribution in [0.5, 0.6) is 0 Å². The van der Waals surface area contributed by atoms with Crippen LogP contribution in [-0.4, -0.2) is 17.8 Å². The van der Waals surface area contributed by atoms with Gasteiger partial charge in [-0.3, -0.25) is 4.79 Å². The molecule has 0 aromatic heterocycles. The molecule has 1 N–H and O–H groups in total. The molecule has 0 heterocycles. The van der Waals surface area contributed by atoms with Crippen LogP contribution in [0.15, 0.2) is 12.1 Å². The highest BCUT2D eigenvalue weighted by Crippen LogP contribution is 2.16. The van der Waals surface area contributed by atoms with Gasteiger partial charge in [-0.2, -0.15) is 0 Å². The number of rotatable bonds is 5. The van der Waals surface area contributed by atoms with Gasteiger partial charge in [-0.15, -0.1) is 11.6 Å². The van der Waals surface area contributed by atoms with Gasteiger partial charge in [0.05, 0.1) is 5.56 Å². The molecule has 0 radical (unpaired) electrons. The van der Waals surface area contributed by atoms with Gasteiger partial charge in [-0.05, 0) is 24.5 Å². The van der Waals surface area contributed by atoms with E-state index < -0.39 is 28.9 Å². The molecule has 0 saturated carbocycles. The largest absolute Gasteiger partial charge is 0.348 e. The average molecular weight is 294 g/mol. The molecule has 0 aliphatic rings. The fraction of sp³-hybridized carbons (Fsp3) is 0.462. The first-order valence-electron chi connectivity index (χ1n) is 5.87. The molecule has 1 atom stereocenters. The number of halogens is 4. The molecule has 1 unspecified atom stereocenters. The minimum Gasteiger partial charge on any atom is -0.348 e. The van der Waals surface area contributed by atoms with E-state index in [9.17, 15) is 18.0 Å². The zero-order valence-corrected chi connectivity index (χ0v) is 11.4. The summed E-state index contributed by atoms with van der Waals surface area (Å²) < 4.78 is 39.2. The minimum absolute atomic E-state index is 0.162. The fourth-order valence-corrected chi connectivity index (χ4v) is 1.90. The molecule has 0 aliphatic heterocycles. The highest BCUT2D eigenvalue weighted by Gasteiger charge is 2.21. The van der Waals surface area contributed by atoms with E-state index in [-0.39, 0.29) is 11.9 Å². The molecule has 1 aromatic carbocycles. The minimum atomic E-state index is -1.65. The van der Waals surface area contributed by atoms with Crippen LogP contribution in [0.1, 0.15) is 30.6 Å². The van der Waals surface area contributed by atoms with Crippen LogP contribution in [0.4, 0.5) is 13.2 Å². The molecule has 6 heteroatoms. The number of carbonyl (C=O) groups is 1. The molecule has 1 rings (SSSR count). The Labute approximate surface area is 114 Å². The van der Waals surface area contributed by atoms with Crippen molar-refractivity contribution in [2.75, 3.05) is 5.88 Å². The molecule has 2 nitrogen and oxygen atoms in total. The summed E-state index contributed by atoms with van der Waals surface area (Å²) in [5.74, 6) is -4.82. The summed E-state index contributed by atoms with van der Waals surface area (Å²) in [6.07, 6.45) is 0.612. The van der Waals surface area contributed by atoms with E-state index in [0.29, 0.717) is 18.4 Å². The SMILES string of the molecule is CC(C)CC(CCl)NC(=O)c1ccc(F)c(F)c1F. The number of alkyl halides is 1. The van der Waals surface area contributed by atoms with Gasteiger partial charge in [0.25, 0.3) is 5.91 Å². The third kappa shape index (κ3) is 4.13. The summed E-state index contributed by atoms with van der Waals surface area (Å²) in [6, 6.07) is 1.27. The first-order chi connectivity index (χ1) is 8.86. The zero-order valence-electron chi connectivity index (χ0n) is 10.6. The summed E-state index contributed by atoms with van der Waals surface area (Å²) >= 11 is 5.70. The van der Waals surface area contributed by atoms with Crippen LogP contribution in [-0.2, 0) is 0 Å². The van der Waals surface area contributed by atoms with E-state index in [2.05, 4.69) is 5.32 Å². The quantitative estimate of drug-likeness (QED) is 0.653. The molecule has 106 valence electrons. The highest BCUT2D eigenvalue weighted by atomic mass is 35.5. The van der Waals surface area contributed by atoms with E-state index >= 15 is 0 Å². The average Bonchev–Trinajstić information content (AvgIpc) is 2.34. The Kier molecular flexibility index (Phi) is 5.66. The van der Waals surface area contributed by atoms with Gasteiger partial charge < -0.3 is 5.32 Å². The van der Waals surface area contributed by atoms with Crippen molar-refractivity contribution in [2.45, 2.75) is 26.3 Å². The molecule has 0 aliphatic carbocycles. The van der Waals surface area contributed by atoms with Crippen LogP contribution >= 0.6 is 11.6 Å². The number of hydrogen-bond donors (Lipinski definition) is 1. The molecule has 0 saturated heterocycles. The third-order valence-electron chi connectivity index (χ3n) is 2.56. The van der Waals surface area contributed by atoms with Crippen molar-refractivity contribution in [1.29, 1.82) is 0 Å². The molecule has 0 fully saturated rings. The number of carbonyl (C=O) groups excluding carboxylic acids is 1. The van der Waals surface area contributed by atoms with E-state index in [1.807, 2.05) is 13.8 Å². The topological polar surface area (TPSA) is 29.1 Å². The Morgan fingerprint density at radius 2 is 1.89 bits per heavy atom. The normalized spacial score (nSPS) is 12.6. The van der Waals surface area contributed by atoms with Gasteiger partial charge in [0.15, 0.2) is 17.5 Å². The van der Waals surface area contributed by atoms with E-state index in [1.165, 1.54) is 0 Å². The van der Waals surface area contributed by atoms with Gasteiger partial charge in [0, 0.05) is 11.9 Å². The summed E-state index contributed by atoms with van der Waals surface area (Å²) in [6.45, 7) is 3.90. The Morgan fingerprint density at radius 1 is 1.26 bits per heavy atom. The molecular weight excluding hydrogens is 279 g/mol. The van der Waals surface area contributed by atoms with Crippen LogP contribution in [0.2, 0.25) is 0 Å². The van der Waals surface area contributed by atoms with Crippen molar-refractivity contribution in [1.82, 2.24) is 5.32 Å². The van der Waals surface area contributed by atoms with Crippen molar-refractivity contribution in [3.8, 4) is 0 Å². The third-order valence-corrected chi connectivity index (χ3v) is 2.93. The fourth-order valence-electron chi connectivity index (χ4n) is 1.69. The van der Waals surface area contributed by atoms with Gasteiger partial charge in [-0.1, -0.05) is 13.8 Å². The first kappa shape index (κ1) is 15.8. The maximum Gasteiger partial charge on any atom is 0.254 e. The lowest BCUT2D eigenvalue weighted by molar-refractivity contribution is 0.0931. The van der Waals surface area contributed by atoms with Gasteiger partial charge in [0.2, 0.25) is 0 Å². The predicted molar refractivity (Wildman–Crippen MR) is 67.7 cm³/mol. The molecule has 1 amide bonds. The zero-order chi connectivity index (χ0) is 14.6. The molecule has 19 heavy (non-hydrogen) atoms. The van der Waals surface area contributed by atoms with Gasteiger partial charge in [-0.25, -0.2) is 13.2 Å². The summed E-state index contributed by atoms with van der Waals surface area (Å²) in [7, 11) is 0. The van der Waals surface area contributed by atoms with Crippen LogP contribution in [0, 0.1) is 23.4 Å². The lowest BCUT2D eigenvalue weighted by Crippen LogP contribution is -2.37. The maximum absolute atomic E-state index is 13.4. The van der Waals surface area contributed by atoms with E-state index in [1.54, 1.807) is 0 Å². The number of hydrogen-bond acceptors (Lipinski definition) is 1. The van der Waals surface area contributed by atoms with E-state index in [4.69, 9.17) is 11.6 Å². The molecule has 0 bridgehead atoms. The number of benzene rings is 1. The molecule has 0 spiro atoms. The Balaban J connectivity index is 2.86.